The van der Waals surface area contributed by atoms with Crippen molar-refractivity contribution in [2.45, 2.75) is 38.7 Å². The average molecular weight is 251 g/mol. The lowest BCUT2D eigenvalue weighted by Gasteiger charge is -2.27. The lowest BCUT2D eigenvalue weighted by Crippen LogP contribution is -2.33. The first-order valence-corrected chi connectivity index (χ1v) is 6.80. The van der Waals surface area contributed by atoms with E-state index >= 15 is 0 Å². The van der Waals surface area contributed by atoms with Crippen LogP contribution in [0.2, 0.25) is 5.02 Å². The lowest BCUT2D eigenvalue weighted by atomic mass is 9.77. The Morgan fingerprint density at radius 1 is 1.29 bits per heavy atom. The van der Waals surface area contributed by atoms with Crippen LogP contribution in [0.1, 0.15) is 32.3 Å². The van der Waals surface area contributed by atoms with Crippen LogP contribution in [0, 0.1) is 11.3 Å². The third-order valence-corrected chi connectivity index (χ3v) is 5.03. The van der Waals surface area contributed by atoms with E-state index in [4.69, 9.17) is 16.3 Å². The van der Waals surface area contributed by atoms with Gasteiger partial charge >= 0.3 is 0 Å². The van der Waals surface area contributed by atoms with Crippen LogP contribution in [-0.4, -0.2) is 12.2 Å². The van der Waals surface area contributed by atoms with E-state index in [1.165, 1.54) is 18.4 Å². The van der Waals surface area contributed by atoms with Gasteiger partial charge in [0.25, 0.3) is 0 Å². The molecule has 92 valence electrons. The van der Waals surface area contributed by atoms with Crippen LogP contribution in [-0.2, 0) is 11.2 Å². The van der Waals surface area contributed by atoms with Gasteiger partial charge in [0.05, 0.1) is 12.2 Å². The zero-order valence-corrected chi connectivity index (χ0v) is 11.3. The van der Waals surface area contributed by atoms with Gasteiger partial charge in [-0.25, -0.2) is 0 Å². The maximum Gasteiger partial charge on any atom is 0.0998 e. The molecule has 1 aliphatic carbocycles. The van der Waals surface area contributed by atoms with Gasteiger partial charge in [0.1, 0.15) is 0 Å². The van der Waals surface area contributed by atoms with Gasteiger partial charge < -0.3 is 4.74 Å². The van der Waals surface area contributed by atoms with Gasteiger partial charge in [0.15, 0.2) is 0 Å². The largest absolute Gasteiger partial charge is 0.369 e. The normalized spacial score (nSPS) is 34.2. The molecule has 0 N–H and O–H groups in total. The molecule has 0 radical (unpaired) electrons. The van der Waals surface area contributed by atoms with E-state index in [0.717, 1.165) is 18.1 Å². The predicted octanol–water partition coefficient (Wildman–Crippen LogP) is 4.09. The molecule has 0 amide bonds. The number of rotatable bonds is 2. The standard InChI is InChI=1S/C15H19ClO/c1-14(2)8-7-12(15(14)10-17-15)9-11-3-5-13(16)6-4-11/h3-6,12H,7-10H2,1-2H3/t12-,15-/m0/s1. The molecule has 2 heteroatoms. The minimum absolute atomic E-state index is 0.173. The molecule has 1 spiro atoms. The van der Waals surface area contributed by atoms with E-state index in [-0.39, 0.29) is 5.60 Å². The molecule has 0 aromatic heterocycles. The zero-order valence-electron chi connectivity index (χ0n) is 10.5. The van der Waals surface area contributed by atoms with Crippen molar-refractivity contribution in [1.82, 2.24) is 0 Å². The first-order valence-electron chi connectivity index (χ1n) is 6.42. The molecule has 1 aliphatic heterocycles. The molecule has 1 nitrogen and oxygen atoms in total. The zero-order chi connectivity index (χ0) is 12.1. The Kier molecular flexibility index (Phi) is 2.53. The van der Waals surface area contributed by atoms with Crippen LogP contribution in [0.3, 0.4) is 0 Å². The molecule has 2 atom stereocenters. The van der Waals surface area contributed by atoms with Gasteiger partial charge in [-0.1, -0.05) is 37.6 Å². The number of epoxide rings is 1. The van der Waals surface area contributed by atoms with Crippen molar-refractivity contribution < 1.29 is 4.74 Å². The maximum atomic E-state index is 5.92. The second-order valence-corrected chi connectivity index (χ2v) is 6.56. The summed E-state index contributed by atoms with van der Waals surface area (Å²) in [5.74, 6) is 0.679. The first-order chi connectivity index (χ1) is 8.03. The van der Waals surface area contributed by atoms with Crippen LogP contribution < -0.4 is 0 Å². The van der Waals surface area contributed by atoms with Crippen molar-refractivity contribution in [2.75, 3.05) is 6.61 Å². The Bertz CT molecular complexity index is 417. The third-order valence-electron chi connectivity index (χ3n) is 4.77. The summed E-state index contributed by atoms with van der Waals surface area (Å²) < 4.78 is 5.85. The maximum absolute atomic E-state index is 5.92. The van der Waals surface area contributed by atoms with Crippen LogP contribution in [0.4, 0.5) is 0 Å². The molecule has 17 heavy (non-hydrogen) atoms. The van der Waals surface area contributed by atoms with Crippen LogP contribution in [0.15, 0.2) is 24.3 Å². The third kappa shape index (κ3) is 1.80. The SMILES string of the molecule is CC1(C)CC[C@@H](Cc2ccc(Cl)cc2)[C@@]12CO2. The van der Waals surface area contributed by atoms with Gasteiger partial charge in [-0.15, -0.1) is 0 Å². The van der Waals surface area contributed by atoms with E-state index in [1.54, 1.807) is 0 Å². The van der Waals surface area contributed by atoms with E-state index in [1.807, 2.05) is 12.1 Å². The second kappa shape index (κ2) is 3.73. The van der Waals surface area contributed by atoms with Crippen molar-refractivity contribution >= 4 is 11.6 Å². The molecule has 1 saturated heterocycles. The Hall–Kier alpha value is -0.530. The Morgan fingerprint density at radius 2 is 1.94 bits per heavy atom. The summed E-state index contributed by atoms with van der Waals surface area (Å²) in [6.45, 7) is 5.65. The highest BCUT2D eigenvalue weighted by molar-refractivity contribution is 6.30. The van der Waals surface area contributed by atoms with Gasteiger partial charge in [-0.2, -0.15) is 0 Å². The highest BCUT2D eigenvalue weighted by Gasteiger charge is 2.64. The molecule has 2 aliphatic rings. The fraction of sp³-hybridized carbons (Fsp3) is 0.600. The Morgan fingerprint density at radius 3 is 2.53 bits per heavy atom. The summed E-state index contributed by atoms with van der Waals surface area (Å²) in [4.78, 5) is 0. The van der Waals surface area contributed by atoms with Crippen molar-refractivity contribution in [2.24, 2.45) is 11.3 Å². The van der Waals surface area contributed by atoms with E-state index in [0.29, 0.717) is 11.3 Å². The van der Waals surface area contributed by atoms with Crippen molar-refractivity contribution in [3.05, 3.63) is 34.9 Å². The number of hydrogen-bond donors (Lipinski definition) is 0. The van der Waals surface area contributed by atoms with Crippen LogP contribution in [0.25, 0.3) is 0 Å². The van der Waals surface area contributed by atoms with Crippen LogP contribution >= 0.6 is 11.6 Å². The van der Waals surface area contributed by atoms with Crippen molar-refractivity contribution in [3.63, 3.8) is 0 Å². The summed E-state index contributed by atoms with van der Waals surface area (Å²) in [6, 6.07) is 8.25. The summed E-state index contributed by atoms with van der Waals surface area (Å²) in [5.41, 5.74) is 1.91. The van der Waals surface area contributed by atoms with Gasteiger partial charge in [0, 0.05) is 5.02 Å². The Balaban J connectivity index is 1.77. The molecule has 2 fully saturated rings. The van der Waals surface area contributed by atoms with Gasteiger partial charge in [-0.05, 0) is 48.3 Å². The second-order valence-electron chi connectivity index (χ2n) is 6.13. The van der Waals surface area contributed by atoms with Gasteiger partial charge in [0.2, 0.25) is 0 Å². The van der Waals surface area contributed by atoms with Crippen molar-refractivity contribution in [3.8, 4) is 0 Å². The molecule has 1 heterocycles. The highest BCUT2D eigenvalue weighted by atomic mass is 35.5. The van der Waals surface area contributed by atoms with Crippen molar-refractivity contribution in [1.29, 1.82) is 0 Å². The molecule has 0 unspecified atom stereocenters. The van der Waals surface area contributed by atoms with Gasteiger partial charge in [-0.3, -0.25) is 0 Å². The molecule has 1 saturated carbocycles. The molecule has 1 aromatic carbocycles. The van der Waals surface area contributed by atoms with E-state index in [2.05, 4.69) is 26.0 Å². The molecule has 3 rings (SSSR count). The highest BCUT2D eigenvalue weighted by Crippen LogP contribution is 2.59. The molecular formula is C15H19ClO. The smallest absolute Gasteiger partial charge is 0.0998 e. The number of benzene rings is 1. The molecular weight excluding hydrogens is 232 g/mol. The fourth-order valence-corrected chi connectivity index (χ4v) is 3.53. The fourth-order valence-electron chi connectivity index (χ4n) is 3.41. The van der Waals surface area contributed by atoms with E-state index < -0.39 is 0 Å². The lowest BCUT2D eigenvalue weighted by molar-refractivity contribution is 0.136. The monoisotopic (exact) mass is 250 g/mol. The predicted molar refractivity (Wildman–Crippen MR) is 70.3 cm³/mol. The summed E-state index contributed by atoms with van der Waals surface area (Å²) in [5, 5.41) is 0.817. The molecule has 0 bridgehead atoms. The van der Waals surface area contributed by atoms with Crippen LogP contribution in [0.5, 0.6) is 0 Å². The average Bonchev–Trinajstić information content (AvgIpc) is 3.04. The summed E-state index contributed by atoms with van der Waals surface area (Å²) >= 11 is 5.92. The quantitative estimate of drug-likeness (QED) is 0.721. The molecule has 1 aromatic rings. The Labute approximate surface area is 108 Å². The number of halogens is 1. The summed E-state index contributed by atoms with van der Waals surface area (Å²) in [7, 11) is 0. The minimum atomic E-state index is 0.173. The number of hydrogen-bond acceptors (Lipinski definition) is 1. The first kappa shape index (κ1) is 11.6. The minimum Gasteiger partial charge on any atom is -0.369 e. The number of ether oxygens (including phenoxy) is 1. The van der Waals surface area contributed by atoms with E-state index in [9.17, 15) is 0 Å². The summed E-state index contributed by atoms with van der Waals surface area (Å²) in [6.07, 6.45) is 3.70. The topological polar surface area (TPSA) is 12.5 Å².